The standard InChI is InChI=1S/C8H16N2OS/c9-8(3-4-8)7-1-5-12(10,11)6-2-7/h7,10H,1-6,9H2. The summed E-state index contributed by atoms with van der Waals surface area (Å²) in [4.78, 5) is 0. The Labute approximate surface area is 73.7 Å². The van der Waals surface area contributed by atoms with Crippen LogP contribution in [0.2, 0.25) is 0 Å². The maximum Gasteiger partial charge on any atom is 0.0441 e. The third kappa shape index (κ3) is 1.50. The highest BCUT2D eigenvalue weighted by Crippen LogP contribution is 2.44. The normalized spacial score (nSPS) is 45.6. The Hall–Kier alpha value is -0.0900. The van der Waals surface area contributed by atoms with Crippen LogP contribution in [0.1, 0.15) is 25.7 Å². The number of nitrogens with one attached hydrogen (secondary N) is 1. The summed E-state index contributed by atoms with van der Waals surface area (Å²) < 4.78 is 18.8. The van der Waals surface area contributed by atoms with Gasteiger partial charge >= 0.3 is 0 Å². The smallest absolute Gasteiger partial charge is 0.0441 e. The SMILES string of the molecule is N=S1(=O)CCC(C2(N)CC2)CC1. The molecule has 0 atom stereocenters. The molecule has 0 spiro atoms. The molecule has 2 aliphatic rings. The summed E-state index contributed by atoms with van der Waals surface area (Å²) in [6, 6.07) is 0. The molecule has 3 N–H and O–H groups in total. The monoisotopic (exact) mass is 188 g/mol. The fraction of sp³-hybridized carbons (Fsp3) is 1.00. The fourth-order valence-electron chi connectivity index (χ4n) is 2.04. The van der Waals surface area contributed by atoms with E-state index in [4.69, 9.17) is 10.5 Å². The zero-order valence-corrected chi connectivity index (χ0v) is 8.03. The summed E-state index contributed by atoms with van der Waals surface area (Å²) in [6.07, 6.45) is 4.10. The maximum absolute atomic E-state index is 11.3. The molecule has 0 aromatic heterocycles. The molecule has 0 unspecified atom stereocenters. The van der Waals surface area contributed by atoms with Crippen molar-refractivity contribution in [3.05, 3.63) is 0 Å². The Kier molecular flexibility index (Phi) is 1.74. The summed E-state index contributed by atoms with van der Waals surface area (Å²) in [6.45, 7) is 0. The largest absolute Gasteiger partial charge is 0.325 e. The highest BCUT2D eigenvalue weighted by molar-refractivity contribution is 7.92. The second-order valence-corrected chi connectivity index (χ2v) is 6.67. The van der Waals surface area contributed by atoms with Gasteiger partial charge in [0.05, 0.1) is 0 Å². The predicted molar refractivity (Wildman–Crippen MR) is 49.5 cm³/mol. The van der Waals surface area contributed by atoms with Crippen LogP contribution in [0.25, 0.3) is 0 Å². The molecule has 0 bridgehead atoms. The first-order valence-electron chi connectivity index (χ1n) is 4.55. The first-order chi connectivity index (χ1) is 5.52. The topological polar surface area (TPSA) is 66.9 Å². The van der Waals surface area contributed by atoms with Crippen molar-refractivity contribution in [2.75, 3.05) is 11.5 Å². The first-order valence-corrected chi connectivity index (χ1v) is 6.45. The van der Waals surface area contributed by atoms with Crippen LogP contribution in [0, 0.1) is 10.7 Å². The van der Waals surface area contributed by atoms with E-state index in [-0.39, 0.29) is 5.54 Å². The lowest BCUT2D eigenvalue weighted by molar-refractivity contribution is 0.372. The van der Waals surface area contributed by atoms with Crippen molar-refractivity contribution in [1.29, 1.82) is 4.78 Å². The van der Waals surface area contributed by atoms with E-state index in [0.717, 1.165) is 25.7 Å². The molecule has 1 saturated heterocycles. The third-order valence-corrected chi connectivity index (χ3v) is 5.02. The van der Waals surface area contributed by atoms with Crippen molar-refractivity contribution in [2.24, 2.45) is 11.7 Å². The molecule has 70 valence electrons. The van der Waals surface area contributed by atoms with Crippen LogP contribution in [0.5, 0.6) is 0 Å². The van der Waals surface area contributed by atoms with Crippen LogP contribution in [-0.4, -0.2) is 21.3 Å². The lowest BCUT2D eigenvalue weighted by Gasteiger charge is -2.28. The molecule has 3 nitrogen and oxygen atoms in total. The Morgan fingerprint density at radius 3 is 2.25 bits per heavy atom. The number of nitrogens with two attached hydrogens (primary N) is 1. The van der Waals surface area contributed by atoms with E-state index in [1.54, 1.807) is 0 Å². The van der Waals surface area contributed by atoms with E-state index in [1.165, 1.54) is 0 Å². The second kappa shape index (κ2) is 2.45. The average Bonchev–Trinajstić information content (AvgIpc) is 2.68. The van der Waals surface area contributed by atoms with Gasteiger partial charge in [0.2, 0.25) is 0 Å². The molecule has 0 aromatic carbocycles. The van der Waals surface area contributed by atoms with E-state index in [1.807, 2.05) is 0 Å². The molecule has 0 aromatic rings. The number of hydrogen-bond donors (Lipinski definition) is 2. The van der Waals surface area contributed by atoms with E-state index in [2.05, 4.69) is 0 Å². The average molecular weight is 188 g/mol. The van der Waals surface area contributed by atoms with Gasteiger partial charge in [0.15, 0.2) is 0 Å². The van der Waals surface area contributed by atoms with Gasteiger partial charge in [-0.1, -0.05) is 0 Å². The van der Waals surface area contributed by atoms with Crippen LogP contribution in [-0.2, 0) is 9.73 Å². The van der Waals surface area contributed by atoms with Crippen LogP contribution in [0.3, 0.4) is 0 Å². The molecular weight excluding hydrogens is 172 g/mol. The third-order valence-electron chi connectivity index (χ3n) is 3.23. The van der Waals surface area contributed by atoms with Crippen molar-refractivity contribution in [3.63, 3.8) is 0 Å². The van der Waals surface area contributed by atoms with Gasteiger partial charge in [-0.2, -0.15) is 0 Å². The van der Waals surface area contributed by atoms with Crippen molar-refractivity contribution < 1.29 is 4.21 Å². The van der Waals surface area contributed by atoms with Gasteiger partial charge in [0, 0.05) is 26.8 Å². The van der Waals surface area contributed by atoms with Crippen molar-refractivity contribution in [1.82, 2.24) is 0 Å². The molecule has 12 heavy (non-hydrogen) atoms. The van der Waals surface area contributed by atoms with Gasteiger partial charge < -0.3 is 5.73 Å². The van der Waals surface area contributed by atoms with Crippen molar-refractivity contribution in [2.45, 2.75) is 31.2 Å². The van der Waals surface area contributed by atoms with Crippen LogP contribution in [0.15, 0.2) is 0 Å². The second-order valence-electron chi connectivity index (χ2n) is 4.23. The van der Waals surface area contributed by atoms with Crippen molar-refractivity contribution in [3.8, 4) is 0 Å². The Morgan fingerprint density at radius 2 is 1.83 bits per heavy atom. The van der Waals surface area contributed by atoms with E-state index < -0.39 is 9.73 Å². The van der Waals surface area contributed by atoms with E-state index >= 15 is 0 Å². The summed E-state index contributed by atoms with van der Waals surface area (Å²) >= 11 is 0. The lowest BCUT2D eigenvalue weighted by atomic mass is 9.92. The summed E-state index contributed by atoms with van der Waals surface area (Å²) in [7, 11) is -2.20. The molecule has 1 heterocycles. The van der Waals surface area contributed by atoms with E-state index in [9.17, 15) is 4.21 Å². The lowest BCUT2D eigenvalue weighted by Crippen LogP contribution is -2.37. The van der Waals surface area contributed by atoms with Gasteiger partial charge in [0.1, 0.15) is 0 Å². The zero-order valence-electron chi connectivity index (χ0n) is 7.21. The van der Waals surface area contributed by atoms with Gasteiger partial charge in [-0.15, -0.1) is 0 Å². The van der Waals surface area contributed by atoms with Gasteiger partial charge in [-0.3, -0.25) is 4.78 Å². The summed E-state index contributed by atoms with van der Waals surface area (Å²) in [5.41, 5.74) is 6.14. The molecule has 2 rings (SSSR count). The molecule has 2 fully saturated rings. The van der Waals surface area contributed by atoms with E-state index in [0.29, 0.717) is 17.4 Å². The van der Waals surface area contributed by atoms with Gasteiger partial charge in [-0.25, -0.2) is 4.21 Å². The minimum Gasteiger partial charge on any atom is -0.325 e. The van der Waals surface area contributed by atoms with Crippen molar-refractivity contribution >= 4 is 9.73 Å². The van der Waals surface area contributed by atoms with Crippen LogP contribution in [0.4, 0.5) is 0 Å². The minimum atomic E-state index is -2.20. The van der Waals surface area contributed by atoms with Crippen LogP contribution < -0.4 is 5.73 Å². The van der Waals surface area contributed by atoms with Gasteiger partial charge in [-0.05, 0) is 31.6 Å². The highest BCUT2D eigenvalue weighted by atomic mass is 32.2. The first kappa shape index (κ1) is 8.51. The molecule has 4 heteroatoms. The molecule has 0 radical (unpaired) electrons. The zero-order chi connectivity index (χ0) is 8.82. The minimum absolute atomic E-state index is 0.0793. The van der Waals surface area contributed by atoms with Crippen LogP contribution >= 0.6 is 0 Å². The fourth-order valence-corrected chi connectivity index (χ4v) is 3.57. The molecule has 1 aliphatic heterocycles. The Morgan fingerprint density at radius 1 is 1.33 bits per heavy atom. The Balaban J connectivity index is 1.99. The summed E-state index contributed by atoms with van der Waals surface area (Å²) in [5, 5.41) is 0. The molecule has 0 amide bonds. The number of rotatable bonds is 1. The number of hydrogen-bond acceptors (Lipinski definition) is 3. The predicted octanol–water partition coefficient (Wildman–Crippen LogP) is 0.934. The quantitative estimate of drug-likeness (QED) is 0.643. The highest BCUT2D eigenvalue weighted by Gasteiger charge is 2.46. The van der Waals surface area contributed by atoms with Gasteiger partial charge in [0.25, 0.3) is 0 Å². The summed E-state index contributed by atoms with van der Waals surface area (Å²) in [5.74, 6) is 1.71. The maximum atomic E-state index is 11.3. The molecule has 1 aliphatic carbocycles. The Bertz CT molecular complexity index is 265. The molecule has 1 saturated carbocycles. The molecular formula is C8H16N2OS.